The van der Waals surface area contributed by atoms with Crippen molar-refractivity contribution in [2.24, 2.45) is 11.3 Å². The van der Waals surface area contributed by atoms with E-state index in [9.17, 15) is 4.79 Å². The highest BCUT2D eigenvalue weighted by atomic mass is 16.4. The van der Waals surface area contributed by atoms with Crippen LogP contribution in [0.2, 0.25) is 0 Å². The Bertz CT molecular complexity index is 331. The summed E-state index contributed by atoms with van der Waals surface area (Å²) in [6.45, 7) is 3.86. The van der Waals surface area contributed by atoms with Gasteiger partial charge in [0.05, 0.1) is 5.92 Å². The molecule has 13 heavy (non-hydrogen) atoms. The van der Waals surface area contributed by atoms with Crippen molar-refractivity contribution in [3.05, 3.63) is 12.2 Å². The van der Waals surface area contributed by atoms with E-state index in [-0.39, 0.29) is 17.3 Å². The molecular weight excluding hydrogens is 170 g/mol. The number of carbonyl (C=O) groups is 1. The lowest BCUT2D eigenvalue weighted by Gasteiger charge is -1.96. The smallest absolute Gasteiger partial charge is 0.307 e. The SMILES string of the molecule is CC1(C)C(C(=O)O)C1c1ncn[nH]1. The number of aromatic nitrogens is 3. The van der Waals surface area contributed by atoms with Crippen LogP contribution in [-0.2, 0) is 4.79 Å². The predicted octanol–water partition coefficient (Wildman–Crippen LogP) is 0.629. The maximum atomic E-state index is 10.8. The minimum absolute atomic E-state index is 0.0208. The quantitative estimate of drug-likeness (QED) is 0.701. The lowest BCUT2D eigenvalue weighted by Crippen LogP contribution is -2.03. The van der Waals surface area contributed by atoms with Crippen LogP contribution >= 0.6 is 0 Å². The molecule has 5 heteroatoms. The monoisotopic (exact) mass is 181 g/mol. The van der Waals surface area contributed by atoms with E-state index >= 15 is 0 Å². The number of nitrogens with zero attached hydrogens (tertiary/aromatic N) is 2. The molecule has 0 bridgehead atoms. The van der Waals surface area contributed by atoms with E-state index in [2.05, 4.69) is 15.2 Å². The van der Waals surface area contributed by atoms with Gasteiger partial charge in [-0.05, 0) is 5.41 Å². The normalized spacial score (nSPS) is 30.0. The summed E-state index contributed by atoms with van der Waals surface area (Å²) in [5, 5.41) is 15.3. The average Bonchev–Trinajstić information content (AvgIpc) is 2.50. The van der Waals surface area contributed by atoms with Crippen molar-refractivity contribution in [1.82, 2.24) is 15.2 Å². The molecule has 0 aliphatic heterocycles. The van der Waals surface area contributed by atoms with E-state index < -0.39 is 5.97 Å². The van der Waals surface area contributed by atoms with Gasteiger partial charge in [0.15, 0.2) is 0 Å². The number of aliphatic carboxylic acids is 1. The second kappa shape index (κ2) is 2.31. The van der Waals surface area contributed by atoms with Gasteiger partial charge in [-0.1, -0.05) is 13.8 Å². The number of carboxylic acid groups (broad SMARTS) is 1. The summed E-state index contributed by atoms with van der Waals surface area (Å²) in [5.74, 6) is -0.434. The minimum Gasteiger partial charge on any atom is -0.481 e. The number of hydrogen-bond donors (Lipinski definition) is 2. The molecule has 2 N–H and O–H groups in total. The first-order valence-electron chi connectivity index (χ1n) is 4.13. The first kappa shape index (κ1) is 8.22. The number of nitrogens with one attached hydrogen (secondary N) is 1. The second-order valence-electron chi connectivity index (χ2n) is 3.99. The third kappa shape index (κ3) is 1.03. The van der Waals surface area contributed by atoms with Gasteiger partial charge in [0.2, 0.25) is 0 Å². The van der Waals surface area contributed by atoms with Crippen LogP contribution in [0.5, 0.6) is 0 Å². The maximum absolute atomic E-state index is 10.8. The molecule has 0 radical (unpaired) electrons. The fraction of sp³-hybridized carbons (Fsp3) is 0.625. The van der Waals surface area contributed by atoms with E-state index in [4.69, 9.17) is 5.11 Å². The summed E-state index contributed by atoms with van der Waals surface area (Å²) < 4.78 is 0. The molecule has 0 aromatic carbocycles. The number of aromatic amines is 1. The van der Waals surface area contributed by atoms with Crippen LogP contribution in [0.25, 0.3) is 0 Å². The van der Waals surface area contributed by atoms with Gasteiger partial charge in [-0.25, -0.2) is 4.98 Å². The topological polar surface area (TPSA) is 78.9 Å². The van der Waals surface area contributed by atoms with Crippen LogP contribution in [0.15, 0.2) is 6.33 Å². The van der Waals surface area contributed by atoms with Crippen molar-refractivity contribution < 1.29 is 9.90 Å². The highest BCUT2D eigenvalue weighted by Crippen LogP contribution is 2.63. The Labute approximate surface area is 75.2 Å². The van der Waals surface area contributed by atoms with Gasteiger partial charge >= 0.3 is 5.97 Å². The molecule has 0 spiro atoms. The average molecular weight is 181 g/mol. The van der Waals surface area contributed by atoms with Crippen molar-refractivity contribution in [3.8, 4) is 0 Å². The molecule has 0 amide bonds. The first-order chi connectivity index (χ1) is 6.05. The number of rotatable bonds is 2. The first-order valence-corrected chi connectivity index (χ1v) is 4.13. The maximum Gasteiger partial charge on any atom is 0.307 e. The summed E-state index contributed by atoms with van der Waals surface area (Å²) in [4.78, 5) is 14.8. The molecule has 1 aromatic rings. The Morgan fingerprint density at radius 2 is 2.38 bits per heavy atom. The van der Waals surface area contributed by atoms with E-state index in [1.54, 1.807) is 0 Å². The van der Waals surface area contributed by atoms with Crippen molar-refractivity contribution >= 4 is 5.97 Å². The molecule has 70 valence electrons. The molecular formula is C8H11N3O2. The van der Waals surface area contributed by atoms with Crippen LogP contribution in [0.3, 0.4) is 0 Å². The Morgan fingerprint density at radius 1 is 1.69 bits per heavy atom. The molecule has 0 saturated heterocycles. The minimum atomic E-state index is -0.758. The van der Waals surface area contributed by atoms with Crippen molar-refractivity contribution in [1.29, 1.82) is 0 Å². The number of hydrogen-bond acceptors (Lipinski definition) is 3. The van der Waals surface area contributed by atoms with E-state index in [0.717, 1.165) is 0 Å². The van der Waals surface area contributed by atoms with Crippen LogP contribution in [0, 0.1) is 11.3 Å². The number of carboxylic acids is 1. The Hall–Kier alpha value is -1.39. The third-order valence-corrected chi connectivity index (χ3v) is 2.82. The van der Waals surface area contributed by atoms with Gasteiger partial charge in [0.25, 0.3) is 0 Å². The van der Waals surface area contributed by atoms with E-state index in [0.29, 0.717) is 5.82 Å². The third-order valence-electron chi connectivity index (χ3n) is 2.82. The summed E-state index contributed by atoms with van der Waals surface area (Å²) in [7, 11) is 0. The van der Waals surface area contributed by atoms with Crippen molar-refractivity contribution in [2.45, 2.75) is 19.8 Å². The zero-order valence-electron chi connectivity index (χ0n) is 7.48. The van der Waals surface area contributed by atoms with Crippen molar-refractivity contribution in [2.75, 3.05) is 0 Å². The van der Waals surface area contributed by atoms with Gasteiger partial charge in [-0.15, -0.1) is 0 Å². The largest absolute Gasteiger partial charge is 0.481 e. The lowest BCUT2D eigenvalue weighted by atomic mass is 10.1. The zero-order valence-corrected chi connectivity index (χ0v) is 7.48. The fourth-order valence-corrected chi connectivity index (χ4v) is 1.97. The fourth-order valence-electron chi connectivity index (χ4n) is 1.97. The molecule has 2 unspecified atom stereocenters. The van der Waals surface area contributed by atoms with Gasteiger partial charge in [-0.2, -0.15) is 5.10 Å². The molecule has 1 saturated carbocycles. The summed E-state index contributed by atoms with van der Waals surface area (Å²) >= 11 is 0. The highest BCUT2D eigenvalue weighted by Gasteiger charge is 2.64. The zero-order chi connectivity index (χ0) is 9.64. The van der Waals surface area contributed by atoms with Crippen LogP contribution in [0.4, 0.5) is 0 Å². The van der Waals surface area contributed by atoms with Crippen LogP contribution in [-0.4, -0.2) is 26.3 Å². The molecule has 1 fully saturated rings. The molecule has 1 heterocycles. The highest BCUT2D eigenvalue weighted by molar-refractivity contribution is 5.77. The Morgan fingerprint density at radius 3 is 2.77 bits per heavy atom. The van der Waals surface area contributed by atoms with Crippen LogP contribution < -0.4 is 0 Å². The molecule has 2 rings (SSSR count). The van der Waals surface area contributed by atoms with Crippen molar-refractivity contribution in [3.63, 3.8) is 0 Å². The lowest BCUT2D eigenvalue weighted by molar-refractivity contribution is -0.139. The molecule has 1 aliphatic rings. The van der Waals surface area contributed by atoms with Gasteiger partial charge in [0.1, 0.15) is 12.2 Å². The second-order valence-corrected chi connectivity index (χ2v) is 3.99. The summed E-state index contributed by atoms with van der Waals surface area (Å²) in [6, 6.07) is 0. The molecule has 5 nitrogen and oxygen atoms in total. The number of H-pyrrole nitrogens is 1. The molecule has 1 aromatic heterocycles. The van der Waals surface area contributed by atoms with E-state index in [1.807, 2.05) is 13.8 Å². The van der Waals surface area contributed by atoms with Gasteiger partial charge in [-0.3, -0.25) is 9.89 Å². The Kier molecular flexibility index (Phi) is 1.46. The molecule has 1 aliphatic carbocycles. The Balaban J connectivity index is 2.25. The summed E-state index contributed by atoms with van der Waals surface area (Å²) in [6.07, 6.45) is 1.41. The standard InChI is InChI=1S/C8H11N3O2/c1-8(2)4(5(8)7(12)13)6-9-3-10-11-6/h3-5H,1-2H3,(H,12,13)(H,9,10,11). The molecule has 2 atom stereocenters. The van der Waals surface area contributed by atoms with E-state index in [1.165, 1.54) is 6.33 Å². The van der Waals surface area contributed by atoms with Crippen LogP contribution in [0.1, 0.15) is 25.6 Å². The van der Waals surface area contributed by atoms with Gasteiger partial charge in [0, 0.05) is 5.92 Å². The predicted molar refractivity (Wildman–Crippen MR) is 44.0 cm³/mol. The summed E-state index contributed by atoms with van der Waals surface area (Å²) in [5.41, 5.74) is -0.203. The van der Waals surface area contributed by atoms with Gasteiger partial charge < -0.3 is 5.11 Å².